The van der Waals surface area contributed by atoms with Gasteiger partial charge in [0.1, 0.15) is 12.5 Å². The number of rotatable bonds is 7. The van der Waals surface area contributed by atoms with Crippen molar-refractivity contribution in [1.82, 2.24) is 14.8 Å². The van der Waals surface area contributed by atoms with Crippen LogP contribution in [0.3, 0.4) is 0 Å². The Balaban J connectivity index is 1.68. The van der Waals surface area contributed by atoms with Gasteiger partial charge in [-0.3, -0.25) is 9.48 Å². The minimum Gasteiger partial charge on any atom is -0.365 e. The van der Waals surface area contributed by atoms with Gasteiger partial charge < -0.3 is 22.1 Å². The summed E-state index contributed by atoms with van der Waals surface area (Å²) in [4.78, 5) is 16.2. The van der Waals surface area contributed by atoms with Crippen molar-refractivity contribution in [3.05, 3.63) is 41.6 Å². The summed E-state index contributed by atoms with van der Waals surface area (Å²) < 4.78 is 42.7. The summed E-state index contributed by atoms with van der Waals surface area (Å²) in [6.45, 7) is -0.821. The molecule has 0 aliphatic heterocycles. The van der Waals surface area contributed by atoms with Crippen LogP contribution in [0.1, 0.15) is 36.0 Å². The van der Waals surface area contributed by atoms with Crippen molar-refractivity contribution in [3.8, 4) is 0 Å². The molecule has 1 aliphatic rings. The van der Waals surface area contributed by atoms with Gasteiger partial charge >= 0.3 is 0 Å². The van der Waals surface area contributed by atoms with Crippen molar-refractivity contribution in [3.63, 3.8) is 0 Å². The summed E-state index contributed by atoms with van der Waals surface area (Å²) in [6, 6.07) is 5.30. The average Bonchev–Trinajstić information content (AvgIpc) is 3.06. The number of amides is 1. The van der Waals surface area contributed by atoms with E-state index in [1.165, 1.54) is 10.7 Å². The number of hydrogen-bond donors (Lipinski definition) is 4. The Kier molecular flexibility index (Phi) is 6.17. The summed E-state index contributed by atoms with van der Waals surface area (Å²) in [5, 5.41) is 9.89. The van der Waals surface area contributed by atoms with E-state index in [1.54, 1.807) is 12.1 Å². The largest absolute Gasteiger partial charge is 0.365 e. The van der Waals surface area contributed by atoms with Gasteiger partial charge in [-0.05, 0) is 37.1 Å². The lowest BCUT2D eigenvalue weighted by Crippen LogP contribution is -2.43. The van der Waals surface area contributed by atoms with Gasteiger partial charge in [-0.2, -0.15) is 4.39 Å². The topological polar surface area (TPSA) is 124 Å². The van der Waals surface area contributed by atoms with Crippen LogP contribution < -0.4 is 22.1 Å². The molecule has 2 atom stereocenters. The van der Waals surface area contributed by atoms with Crippen LogP contribution in [0.4, 0.5) is 30.5 Å². The number of carbonyl (C=O) groups is 1. The lowest BCUT2D eigenvalue weighted by Gasteiger charge is -2.30. The number of aromatic nitrogens is 3. The first-order chi connectivity index (χ1) is 15.4. The molecule has 4 rings (SSSR count). The van der Waals surface area contributed by atoms with E-state index in [9.17, 15) is 18.0 Å². The molecule has 3 aromatic rings. The number of halogens is 3. The van der Waals surface area contributed by atoms with Gasteiger partial charge in [0.2, 0.25) is 5.95 Å². The highest BCUT2D eigenvalue weighted by Gasteiger charge is 2.24. The number of nitrogens with one attached hydrogen (secondary N) is 2. The number of nitrogens with zero attached hydrogens (tertiary/aromatic N) is 3. The number of alkyl halides is 1. The first-order valence-corrected chi connectivity index (χ1v) is 10.4. The highest BCUT2D eigenvalue weighted by atomic mass is 19.1. The zero-order chi connectivity index (χ0) is 22.8. The van der Waals surface area contributed by atoms with Crippen molar-refractivity contribution >= 4 is 34.1 Å². The van der Waals surface area contributed by atoms with Crippen molar-refractivity contribution < 1.29 is 18.0 Å². The molecule has 32 heavy (non-hydrogen) atoms. The molecule has 0 radical (unpaired) electrons. The summed E-state index contributed by atoms with van der Waals surface area (Å²) in [6.07, 6.45) is 3.60. The lowest BCUT2D eigenvalue weighted by atomic mass is 9.91. The van der Waals surface area contributed by atoms with E-state index < -0.39 is 24.3 Å². The second kappa shape index (κ2) is 9.03. The summed E-state index contributed by atoms with van der Waals surface area (Å²) >= 11 is 0. The molecule has 8 nitrogen and oxygen atoms in total. The van der Waals surface area contributed by atoms with Crippen LogP contribution in [0, 0.1) is 11.8 Å². The van der Waals surface area contributed by atoms with Gasteiger partial charge in [0.15, 0.2) is 11.6 Å². The van der Waals surface area contributed by atoms with Gasteiger partial charge in [0.05, 0.1) is 23.0 Å². The Morgan fingerprint density at radius 1 is 1.19 bits per heavy atom. The molecule has 1 fully saturated rings. The van der Waals surface area contributed by atoms with Crippen LogP contribution in [0.2, 0.25) is 0 Å². The van der Waals surface area contributed by atoms with Crippen LogP contribution in [0.15, 0.2) is 24.3 Å². The minimum absolute atomic E-state index is 0.0298. The molecule has 2 heterocycles. The van der Waals surface area contributed by atoms with E-state index in [4.69, 9.17) is 11.5 Å². The molecule has 1 saturated carbocycles. The number of carbonyl (C=O) groups excluding carboxylic acids is 1. The molecule has 0 bridgehead atoms. The fourth-order valence-corrected chi connectivity index (χ4v) is 3.99. The monoisotopic (exact) mass is 447 g/mol. The Morgan fingerprint density at radius 3 is 2.69 bits per heavy atom. The fourth-order valence-electron chi connectivity index (χ4n) is 3.99. The van der Waals surface area contributed by atoms with Gasteiger partial charge in [-0.15, -0.1) is 5.10 Å². The molecule has 0 unspecified atom stereocenters. The smallest absolute Gasteiger partial charge is 0.252 e. The maximum atomic E-state index is 14.7. The Labute approximate surface area is 182 Å². The third kappa shape index (κ3) is 4.33. The quantitative estimate of drug-likeness (QED) is 0.441. The molecule has 11 heteroatoms. The van der Waals surface area contributed by atoms with Gasteiger partial charge in [-0.1, -0.05) is 12.8 Å². The highest BCUT2D eigenvalue weighted by Crippen LogP contribution is 2.28. The normalized spacial score (nSPS) is 18.6. The first kappa shape index (κ1) is 21.9. The Morgan fingerprint density at radius 2 is 1.97 bits per heavy atom. The second-order valence-corrected chi connectivity index (χ2v) is 7.84. The number of benzene rings is 1. The molecular formula is C21H24F3N7O. The number of nitrogens with two attached hydrogens (primary N) is 2. The molecule has 0 saturated heterocycles. The summed E-state index contributed by atoms with van der Waals surface area (Å²) in [5.41, 5.74) is 12.2. The maximum Gasteiger partial charge on any atom is 0.252 e. The number of anilines is 3. The number of fused-ring (bicyclic) bond motifs is 1. The van der Waals surface area contributed by atoms with Crippen molar-refractivity contribution in [2.24, 2.45) is 11.5 Å². The van der Waals surface area contributed by atoms with Crippen molar-refractivity contribution in [2.75, 3.05) is 17.3 Å². The Hall–Kier alpha value is -3.34. The maximum absolute atomic E-state index is 14.7. The van der Waals surface area contributed by atoms with E-state index in [2.05, 4.69) is 20.7 Å². The van der Waals surface area contributed by atoms with Crippen LogP contribution >= 0.6 is 0 Å². The van der Waals surface area contributed by atoms with Crippen molar-refractivity contribution in [2.45, 2.75) is 44.3 Å². The zero-order valence-corrected chi connectivity index (χ0v) is 17.2. The average molecular weight is 447 g/mol. The lowest BCUT2D eigenvalue weighted by molar-refractivity contribution is 0.100. The van der Waals surface area contributed by atoms with Crippen LogP contribution in [-0.2, 0) is 6.54 Å². The third-order valence-corrected chi connectivity index (χ3v) is 5.65. The van der Waals surface area contributed by atoms with E-state index in [0.717, 1.165) is 31.7 Å². The SMILES string of the molecule is NC(=O)c1cc(F)c(N[C@@H]2CCCC[C@@H]2N)nc1Nc1ccc2c(F)nn(CCF)c2c1. The van der Waals surface area contributed by atoms with Crippen LogP contribution in [-0.4, -0.2) is 39.4 Å². The fraction of sp³-hybridized carbons (Fsp3) is 0.381. The van der Waals surface area contributed by atoms with Gasteiger partial charge in [-0.25, -0.2) is 13.8 Å². The molecule has 0 spiro atoms. The molecule has 1 amide bonds. The number of aryl methyl sites for hydroxylation is 1. The molecule has 170 valence electrons. The third-order valence-electron chi connectivity index (χ3n) is 5.65. The number of hydrogen-bond acceptors (Lipinski definition) is 6. The predicted octanol–water partition coefficient (Wildman–Crippen LogP) is 3.20. The second-order valence-electron chi connectivity index (χ2n) is 7.84. The number of pyridine rings is 1. The summed E-state index contributed by atoms with van der Waals surface area (Å²) in [7, 11) is 0. The molecule has 2 aromatic heterocycles. The van der Waals surface area contributed by atoms with E-state index in [-0.39, 0.29) is 41.2 Å². The number of primary amides is 1. The molecular weight excluding hydrogens is 423 g/mol. The van der Waals surface area contributed by atoms with Crippen LogP contribution in [0.25, 0.3) is 10.9 Å². The van der Waals surface area contributed by atoms with Gasteiger partial charge in [0.25, 0.3) is 5.91 Å². The van der Waals surface area contributed by atoms with Crippen LogP contribution in [0.5, 0.6) is 0 Å². The molecule has 1 aromatic carbocycles. The highest BCUT2D eigenvalue weighted by molar-refractivity contribution is 5.99. The molecule has 1 aliphatic carbocycles. The summed E-state index contributed by atoms with van der Waals surface area (Å²) in [5.74, 6) is -2.32. The predicted molar refractivity (Wildman–Crippen MR) is 116 cm³/mol. The van der Waals surface area contributed by atoms with E-state index >= 15 is 0 Å². The Bertz CT molecular complexity index is 1150. The zero-order valence-electron chi connectivity index (χ0n) is 17.2. The minimum atomic E-state index is -0.866. The van der Waals surface area contributed by atoms with Crippen molar-refractivity contribution in [1.29, 1.82) is 0 Å². The first-order valence-electron chi connectivity index (χ1n) is 10.4. The van der Waals surface area contributed by atoms with E-state index in [1.807, 2.05) is 0 Å². The molecule has 6 N–H and O–H groups in total. The van der Waals surface area contributed by atoms with Gasteiger partial charge in [0, 0.05) is 17.8 Å². The standard InChI is InChI=1S/C21H24F3N7O/c22-7-8-31-17-9-11(5-6-12(17)18(24)30-31)27-20-13(19(26)32)10-14(23)21(29-20)28-16-4-2-1-3-15(16)25/h5-6,9-10,15-16H,1-4,7-8,25H2,(H2,26,32)(H2,27,28,29)/t15-,16+/m0/s1. The van der Waals surface area contributed by atoms with E-state index in [0.29, 0.717) is 11.2 Å².